The summed E-state index contributed by atoms with van der Waals surface area (Å²) in [5.74, 6) is 0. The average Bonchev–Trinajstić information content (AvgIpc) is 2.36. The monoisotopic (exact) mass is 290 g/mol. The maximum Gasteiger partial charge on any atom is 0.0589 e. The summed E-state index contributed by atoms with van der Waals surface area (Å²) in [6, 6.07) is 5.52. The summed E-state index contributed by atoms with van der Waals surface area (Å²) >= 11 is 12.0. The average molecular weight is 291 g/mol. The number of ether oxygens (including phenoxy) is 1. The van der Waals surface area contributed by atoms with Gasteiger partial charge in [-0.2, -0.15) is 0 Å². The van der Waals surface area contributed by atoms with Crippen molar-refractivity contribution >= 4 is 23.2 Å². The molecule has 0 amide bonds. The molecule has 5 heteroatoms. The highest BCUT2D eigenvalue weighted by molar-refractivity contribution is 6.33. The van der Waals surface area contributed by atoms with Gasteiger partial charge in [0.2, 0.25) is 0 Å². The minimum absolute atomic E-state index is 0.716. The van der Waals surface area contributed by atoms with Crippen molar-refractivity contribution in [1.82, 2.24) is 10.2 Å². The highest BCUT2D eigenvalue weighted by Gasteiger charge is 2.01. The third-order valence-corrected chi connectivity index (χ3v) is 3.27. The van der Waals surface area contributed by atoms with Gasteiger partial charge in [-0.05, 0) is 30.8 Å². The van der Waals surface area contributed by atoms with E-state index < -0.39 is 0 Å². The third-order valence-electron chi connectivity index (χ3n) is 2.67. The van der Waals surface area contributed by atoms with Crippen LogP contribution in [-0.4, -0.2) is 45.3 Å². The Balaban J connectivity index is 2.23. The highest BCUT2D eigenvalue weighted by atomic mass is 35.5. The predicted molar refractivity (Wildman–Crippen MR) is 77.5 cm³/mol. The Kier molecular flexibility index (Phi) is 7.63. The van der Waals surface area contributed by atoms with Gasteiger partial charge in [-0.3, -0.25) is 0 Å². The molecule has 1 aromatic carbocycles. The summed E-state index contributed by atoms with van der Waals surface area (Å²) in [5.41, 5.74) is 1.03. The second kappa shape index (κ2) is 8.73. The zero-order valence-corrected chi connectivity index (χ0v) is 12.4. The lowest BCUT2D eigenvalue weighted by molar-refractivity contribution is 0.161. The Morgan fingerprint density at radius 3 is 2.78 bits per heavy atom. The van der Waals surface area contributed by atoms with Crippen molar-refractivity contribution in [1.29, 1.82) is 0 Å². The van der Waals surface area contributed by atoms with Crippen molar-refractivity contribution < 1.29 is 4.74 Å². The number of likely N-dealkylation sites (N-methyl/N-ethyl adjacent to an activating group) is 1. The van der Waals surface area contributed by atoms with Gasteiger partial charge >= 0.3 is 0 Å². The third kappa shape index (κ3) is 6.03. The molecule has 0 spiro atoms. The fourth-order valence-electron chi connectivity index (χ4n) is 1.53. The first-order valence-corrected chi connectivity index (χ1v) is 6.71. The van der Waals surface area contributed by atoms with Crippen LogP contribution in [0.25, 0.3) is 0 Å². The van der Waals surface area contributed by atoms with Crippen LogP contribution >= 0.6 is 23.2 Å². The minimum atomic E-state index is 0.716. The van der Waals surface area contributed by atoms with E-state index in [-0.39, 0.29) is 0 Å². The van der Waals surface area contributed by atoms with Crippen LogP contribution in [0.5, 0.6) is 0 Å². The fraction of sp³-hybridized carbons (Fsp3) is 0.538. The van der Waals surface area contributed by atoms with Crippen molar-refractivity contribution in [3.8, 4) is 0 Å². The number of hydrogen-bond donors (Lipinski definition) is 1. The second-order valence-corrected chi connectivity index (χ2v) is 5.05. The molecule has 0 saturated carbocycles. The molecule has 18 heavy (non-hydrogen) atoms. The number of methoxy groups -OCH3 is 1. The molecule has 102 valence electrons. The first-order chi connectivity index (χ1) is 8.63. The van der Waals surface area contributed by atoms with Crippen molar-refractivity contribution in [2.45, 2.75) is 6.54 Å². The van der Waals surface area contributed by atoms with Crippen LogP contribution in [0.3, 0.4) is 0 Å². The van der Waals surface area contributed by atoms with Crippen molar-refractivity contribution in [3.05, 3.63) is 33.8 Å². The molecule has 0 atom stereocenters. The van der Waals surface area contributed by atoms with E-state index in [9.17, 15) is 0 Å². The van der Waals surface area contributed by atoms with Gasteiger partial charge in [0, 0.05) is 43.3 Å². The van der Waals surface area contributed by atoms with Crippen LogP contribution in [0.2, 0.25) is 10.0 Å². The quantitative estimate of drug-likeness (QED) is 0.745. The lowest BCUT2D eigenvalue weighted by Crippen LogP contribution is -2.31. The second-order valence-electron chi connectivity index (χ2n) is 4.21. The number of nitrogens with one attached hydrogen (secondary N) is 1. The summed E-state index contributed by atoms with van der Waals surface area (Å²) in [6.07, 6.45) is 0. The fourth-order valence-corrected chi connectivity index (χ4v) is 1.91. The summed E-state index contributed by atoms with van der Waals surface area (Å²) in [4.78, 5) is 2.22. The van der Waals surface area contributed by atoms with E-state index in [1.165, 1.54) is 0 Å². The number of halogens is 2. The molecule has 3 nitrogen and oxygen atoms in total. The van der Waals surface area contributed by atoms with Crippen LogP contribution < -0.4 is 5.32 Å². The van der Waals surface area contributed by atoms with Gasteiger partial charge in [0.05, 0.1) is 6.61 Å². The summed E-state index contributed by atoms with van der Waals surface area (Å²) < 4.78 is 5.02. The molecule has 1 N–H and O–H groups in total. The lowest BCUT2D eigenvalue weighted by Gasteiger charge is -2.16. The molecule has 0 radical (unpaired) electrons. The van der Waals surface area contributed by atoms with Crippen LogP contribution in [0, 0.1) is 0 Å². The molecule has 0 saturated heterocycles. The van der Waals surface area contributed by atoms with Gasteiger partial charge in [-0.15, -0.1) is 0 Å². The Hall–Kier alpha value is -0.320. The molecule has 0 aliphatic heterocycles. The van der Waals surface area contributed by atoms with Gasteiger partial charge in [0.25, 0.3) is 0 Å². The molecule has 0 aromatic heterocycles. The van der Waals surface area contributed by atoms with E-state index in [1.807, 2.05) is 12.1 Å². The molecule has 1 aromatic rings. The predicted octanol–water partition coefficient (Wildman–Crippen LogP) is 2.66. The first-order valence-electron chi connectivity index (χ1n) is 5.95. The summed E-state index contributed by atoms with van der Waals surface area (Å²) in [7, 11) is 3.79. The molecule has 0 unspecified atom stereocenters. The van der Waals surface area contributed by atoms with E-state index in [0.29, 0.717) is 5.02 Å². The van der Waals surface area contributed by atoms with Gasteiger partial charge in [-0.1, -0.05) is 23.2 Å². The number of rotatable bonds is 8. The Morgan fingerprint density at radius 2 is 2.06 bits per heavy atom. The number of hydrogen-bond acceptors (Lipinski definition) is 3. The van der Waals surface area contributed by atoms with Gasteiger partial charge < -0.3 is 15.0 Å². The largest absolute Gasteiger partial charge is 0.383 e. The topological polar surface area (TPSA) is 24.5 Å². The minimum Gasteiger partial charge on any atom is -0.383 e. The van der Waals surface area contributed by atoms with Gasteiger partial charge in [-0.25, -0.2) is 0 Å². The molecule has 0 aliphatic carbocycles. The molecule has 0 fully saturated rings. The molecular weight excluding hydrogens is 271 g/mol. The standard InChI is InChI=1S/C13H20Cl2N2O/c1-17(7-8-18-2)6-5-16-10-11-9-12(14)3-4-13(11)15/h3-4,9,16H,5-8,10H2,1-2H3. The Morgan fingerprint density at radius 1 is 1.28 bits per heavy atom. The molecule has 1 rings (SSSR count). The molecule has 0 bridgehead atoms. The van der Waals surface area contributed by atoms with E-state index in [1.54, 1.807) is 13.2 Å². The summed E-state index contributed by atoms with van der Waals surface area (Å²) in [6.45, 7) is 4.31. The first kappa shape index (κ1) is 15.7. The van der Waals surface area contributed by atoms with E-state index >= 15 is 0 Å². The molecule has 0 aliphatic rings. The summed E-state index contributed by atoms with van der Waals surface area (Å²) in [5, 5.41) is 4.82. The lowest BCUT2D eigenvalue weighted by atomic mass is 10.2. The van der Waals surface area contributed by atoms with E-state index in [4.69, 9.17) is 27.9 Å². The zero-order valence-electron chi connectivity index (χ0n) is 10.9. The highest BCUT2D eigenvalue weighted by Crippen LogP contribution is 2.20. The van der Waals surface area contributed by atoms with Crippen LogP contribution in [0.15, 0.2) is 18.2 Å². The van der Waals surface area contributed by atoms with Gasteiger partial charge in [0.15, 0.2) is 0 Å². The number of nitrogens with zero attached hydrogens (tertiary/aromatic N) is 1. The molecular formula is C13H20Cl2N2O. The van der Waals surface area contributed by atoms with E-state index in [0.717, 1.165) is 43.4 Å². The molecule has 0 heterocycles. The normalized spacial score (nSPS) is 11.2. The van der Waals surface area contributed by atoms with Gasteiger partial charge in [0.1, 0.15) is 0 Å². The smallest absolute Gasteiger partial charge is 0.0589 e. The Labute approximate surface area is 119 Å². The maximum atomic E-state index is 6.08. The maximum absolute atomic E-state index is 6.08. The number of benzene rings is 1. The van der Waals surface area contributed by atoms with Crippen molar-refractivity contribution in [2.75, 3.05) is 40.4 Å². The van der Waals surface area contributed by atoms with Crippen LogP contribution in [0.1, 0.15) is 5.56 Å². The Bertz CT molecular complexity index is 361. The SMILES string of the molecule is COCCN(C)CCNCc1cc(Cl)ccc1Cl. The zero-order chi connectivity index (χ0) is 13.4. The van der Waals surface area contributed by atoms with Crippen molar-refractivity contribution in [3.63, 3.8) is 0 Å². The van der Waals surface area contributed by atoms with E-state index in [2.05, 4.69) is 17.3 Å². The van der Waals surface area contributed by atoms with Crippen LogP contribution in [-0.2, 0) is 11.3 Å². The van der Waals surface area contributed by atoms with Crippen molar-refractivity contribution in [2.24, 2.45) is 0 Å². The van der Waals surface area contributed by atoms with Crippen LogP contribution in [0.4, 0.5) is 0 Å².